The standard InChI is InChI=1S/C12H14N2O3/c1-6-4-12(2)9(13-5-6)7-8(17-12)11(16)14(3)10(7)15/h4-5,9,15-16H,1-3H3. The normalized spacial score (nSPS) is 29.6. The van der Waals surface area contributed by atoms with Gasteiger partial charge in [0.1, 0.15) is 6.04 Å². The van der Waals surface area contributed by atoms with Gasteiger partial charge in [-0.15, -0.1) is 0 Å². The molecule has 1 aromatic rings. The van der Waals surface area contributed by atoms with E-state index in [2.05, 4.69) is 4.99 Å². The highest BCUT2D eigenvalue weighted by Gasteiger charge is 2.49. The number of nitrogens with zero attached hydrogens (tertiary/aromatic N) is 2. The molecule has 3 rings (SSSR count). The molecule has 2 N–H and O–H groups in total. The first kappa shape index (κ1) is 10.3. The van der Waals surface area contributed by atoms with Gasteiger partial charge in [-0.25, -0.2) is 0 Å². The molecule has 3 heterocycles. The minimum Gasteiger partial charge on any atom is -0.494 e. The van der Waals surface area contributed by atoms with Gasteiger partial charge >= 0.3 is 0 Å². The zero-order valence-corrected chi connectivity index (χ0v) is 9.93. The average Bonchev–Trinajstić information content (AvgIpc) is 2.66. The lowest BCUT2D eigenvalue weighted by Crippen LogP contribution is -2.34. The molecular formula is C12H14N2O3. The Morgan fingerprint density at radius 1 is 1.41 bits per heavy atom. The minimum absolute atomic E-state index is 0.0105. The Bertz CT molecular complexity index is 571. The number of dihydropyridines is 1. The summed E-state index contributed by atoms with van der Waals surface area (Å²) in [4.78, 5) is 4.40. The summed E-state index contributed by atoms with van der Waals surface area (Å²) in [7, 11) is 1.58. The molecule has 0 saturated heterocycles. The minimum atomic E-state index is -0.618. The second-order valence-corrected chi connectivity index (χ2v) is 4.80. The van der Waals surface area contributed by atoms with Crippen LogP contribution >= 0.6 is 0 Å². The number of aromatic hydroxyl groups is 2. The van der Waals surface area contributed by atoms with Crippen LogP contribution in [-0.2, 0) is 7.05 Å². The number of hydrogen-bond donors (Lipinski definition) is 2. The molecule has 0 aliphatic carbocycles. The fourth-order valence-electron chi connectivity index (χ4n) is 2.58. The summed E-state index contributed by atoms with van der Waals surface area (Å²) in [6, 6.07) is -0.298. The van der Waals surface area contributed by atoms with Gasteiger partial charge in [-0.3, -0.25) is 9.56 Å². The summed E-state index contributed by atoms with van der Waals surface area (Å²) in [5.41, 5.74) is 0.956. The lowest BCUT2D eigenvalue weighted by molar-refractivity contribution is 0.135. The first-order valence-corrected chi connectivity index (χ1v) is 5.46. The van der Waals surface area contributed by atoms with Crippen molar-refractivity contribution in [1.82, 2.24) is 4.57 Å². The van der Waals surface area contributed by atoms with E-state index >= 15 is 0 Å². The van der Waals surface area contributed by atoms with E-state index < -0.39 is 5.60 Å². The van der Waals surface area contributed by atoms with Crippen LogP contribution in [0.15, 0.2) is 16.6 Å². The predicted molar refractivity (Wildman–Crippen MR) is 62.8 cm³/mol. The van der Waals surface area contributed by atoms with Gasteiger partial charge in [0.05, 0.1) is 5.56 Å². The van der Waals surface area contributed by atoms with Gasteiger partial charge in [0.25, 0.3) is 0 Å². The van der Waals surface area contributed by atoms with Crippen molar-refractivity contribution >= 4 is 6.21 Å². The highest BCUT2D eigenvalue weighted by molar-refractivity contribution is 5.80. The maximum atomic E-state index is 9.99. The zero-order chi connectivity index (χ0) is 12.4. The third-order valence-electron chi connectivity index (χ3n) is 3.40. The van der Waals surface area contributed by atoms with Crippen molar-refractivity contribution in [3.05, 3.63) is 17.2 Å². The number of aromatic nitrogens is 1. The summed E-state index contributed by atoms with van der Waals surface area (Å²) >= 11 is 0. The second-order valence-electron chi connectivity index (χ2n) is 4.80. The molecular weight excluding hydrogens is 220 g/mol. The molecule has 0 fully saturated rings. The summed E-state index contributed by atoms with van der Waals surface area (Å²) in [6.07, 6.45) is 3.72. The van der Waals surface area contributed by atoms with Crippen molar-refractivity contribution in [2.45, 2.75) is 25.5 Å². The first-order chi connectivity index (χ1) is 7.94. The van der Waals surface area contributed by atoms with Gasteiger partial charge in [-0.2, -0.15) is 0 Å². The highest BCUT2D eigenvalue weighted by atomic mass is 16.5. The Labute approximate surface area is 98.7 Å². The fraction of sp³-hybridized carbons (Fsp3) is 0.417. The number of rotatable bonds is 0. The van der Waals surface area contributed by atoms with E-state index in [1.165, 1.54) is 4.57 Å². The monoisotopic (exact) mass is 234 g/mol. The number of ether oxygens (including phenoxy) is 1. The number of hydrogen-bond acceptors (Lipinski definition) is 4. The van der Waals surface area contributed by atoms with Crippen LogP contribution in [0.2, 0.25) is 0 Å². The third kappa shape index (κ3) is 1.11. The van der Waals surface area contributed by atoms with Crippen LogP contribution < -0.4 is 4.74 Å². The molecule has 2 atom stereocenters. The summed E-state index contributed by atoms with van der Waals surface area (Å²) in [5.74, 6) is 0.284. The van der Waals surface area contributed by atoms with Crippen LogP contribution in [0.5, 0.6) is 17.5 Å². The van der Waals surface area contributed by atoms with Gasteiger partial charge in [-0.1, -0.05) is 0 Å². The molecule has 17 heavy (non-hydrogen) atoms. The molecule has 0 radical (unpaired) electrons. The molecule has 0 bridgehead atoms. The Morgan fingerprint density at radius 3 is 2.82 bits per heavy atom. The van der Waals surface area contributed by atoms with Crippen LogP contribution in [0, 0.1) is 0 Å². The quantitative estimate of drug-likeness (QED) is 0.717. The van der Waals surface area contributed by atoms with Crippen LogP contribution in [0.25, 0.3) is 0 Å². The molecule has 0 amide bonds. The Kier molecular flexibility index (Phi) is 1.72. The van der Waals surface area contributed by atoms with Crippen molar-refractivity contribution < 1.29 is 14.9 Å². The summed E-state index contributed by atoms with van der Waals surface area (Å²) in [5, 5.41) is 19.9. The van der Waals surface area contributed by atoms with Crippen molar-refractivity contribution in [2.75, 3.05) is 0 Å². The van der Waals surface area contributed by atoms with Gasteiger partial charge < -0.3 is 14.9 Å². The maximum Gasteiger partial charge on any atom is 0.237 e. The van der Waals surface area contributed by atoms with Gasteiger partial charge in [0, 0.05) is 13.3 Å². The molecule has 0 aromatic carbocycles. The van der Waals surface area contributed by atoms with Crippen molar-refractivity contribution in [3.63, 3.8) is 0 Å². The average molecular weight is 234 g/mol. The Balaban J connectivity index is 2.21. The molecule has 1 aromatic heterocycles. The molecule has 5 nitrogen and oxygen atoms in total. The Hall–Kier alpha value is -1.91. The third-order valence-corrected chi connectivity index (χ3v) is 3.40. The molecule has 2 unspecified atom stereocenters. The maximum absolute atomic E-state index is 9.99. The van der Waals surface area contributed by atoms with E-state index in [4.69, 9.17) is 4.74 Å². The fourth-order valence-corrected chi connectivity index (χ4v) is 2.58. The van der Waals surface area contributed by atoms with E-state index in [1.54, 1.807) is 13.3 Å². The van der Waals surface area contributed by atoms with E-state index in [-0.39, 0.29) is 17.8 Å². The van der Waals surface area contributed by atoms with Gasteiger partial charge in [0.15, 0.2) is 11.4 Å². The SMILES string of the molecule is CC1=CC2(C)Oc3c(c(O)n(C)c3O)C2N=C1. The van der Waals surface area contributed by atoms with Gasteiger partial charge in [-0.05, 0) is 25.5 Å². The predicted octanol–water partition coefficient (Wildman–Crippen LogP) is 1.66. The molecule has 2 aliphatic rings. The summed E-state index contributed by atoms with van der Waals surface area (Å²) in [6.45, 7) is 3.84. The van der Waals surface area contributed by atoms with E-state index in [9.17, 15) is 10.2 Å². The summed E-state index contributed by atoms with van der Waals surface area (Å²) < 4.78 is 7.08. The molecule has 0 spiro atoms. The van der Waals surface area contributed by atoms with Crippen molar-refractivity contribution in [3.8, 4) is 17.5 Å². The highest BCUT2D eigenvalue weighted by Crippen LogP contribution is 2.56. The lowest BCUT2D eigenvalue weighted by atomic mass is 9.90. The van der Waals surface area contributed by atoms with E-state index in [0.29, 0.717) is 11.3 Å². The van der Waals surface area contributed by atoms with Crippen LogP contribution in [0.1, 0.15) is 25.5 Å². The Morgan fingerprint density at radius 2 is 2.12 bits per heavy atom. The van der Waals surface area contributed by atoms with Crippen molar-refractivity contribution in [1.29, 1.82) is 0 Å². The van der Waals surface area contributed by atoms with Gasteiger partial charge in [0.2, 0.25) is 11.8 Å². The van der Waals surface area contributed by atoms with E-state index in [0.717, 1.165) is 5.57 Å². The molecule has 0 saturated carbocycles. The second kappa shape index (κ2) is 2.85. The van der Waals surface area contributed by atoms with Crippen LogP contribution in [0.4, 0.5) is 0 Å². The zero-order valence-electron chi connectivity index (χ0n) is 9.93. The lowest BCUT2D eigenvalue weighted by Gasteiger charge is -2.28. The molecule has 90 valence electrons. The largest absolute Gasteiger partial charge is 0.494 e. The van der Waals surface area contributed by atoms with Crippen LogP contribution in [-0.4, -0.2) is 26.6 Å². The number of aliphatic imine (C=N–C) groups is 1. The topological polar surface area (TPSA) is 67.0 Å². The van der Waals surface area contributed by atoms with E-state index in [1.807, 2.05) is 19.9 Å². The van der Waals surface area contributed by atoms with Crippen LogP contribution in [0.3, 0.4) is 0 Å². The smallest absolute Gasteiger partial charge is 0.237 e. The molecule has 5 heteroatoms. The molecule has 2 aliphatic heterocycles. The number of fused-ring (bicyclic) bond motifs is 3. The first-order valence-electron chi connectivity index (χ1n) is 5.46. The number of allylic oxidation sites excluding steroid dienone is 1. The van der Waals surface area contributed by atoms with Crippen molar-refractivity contribution in [2.24, 2.45) is 12.0 Å².